The molecule has 0 saturated carbocycles. The Kier molecular flexibility index (Phi) is 3.34. The highest BCUT2D eigenvalue weighted by atomic mass is 16.5. The lowest BCUT2D eigenvalue weighted by Gasteiger charge is -2.36. The van der Waals surface area contributed by atoms with Crippen LogP contribution in [0.4, 0.5) is 4.79 Å². The number of fused-ring (bicyclic) bond motifs is 1. The van der Waals surface area contributed by atoms with Crippen LogP contribution in [0, 0.1) is 0 Å². The van der Waals surface area contributed by atoms with Crippen LogP contribution in [-0.2, 0) is 0 Å². The van der Waals surface area contributed by atoms with Crippen LogP contribution in [0.1, 0.15) is 29.6 Å². The first-order valence-corrected chi connectivity index (χ1v) is 6.97. The molecule has 0 radical (unpaired) electrons. The first-order valence-electron chi connectivity index (χ1n) is 6.97. The van der Waals surface area contributed by atoms with Crippen LogP contribution < -0.4 is 4.74 Å². The Labute approximate surface area is 118 Å². The molecule has 1 unspecified atom stereocenters. The quantitative estimate of drug-likeness (QED) is 0.830. The van der Waals surface area contributed by atoms with Gasteiger partial charge in [0.05, 0.1) is 7.11 Å². The molecule has 0 spiro atoms. The predicted molar refractivity (Wildman–Crippen MR) is 73.8 cm³/mol. The van der Waals surface area contributed by atoms with Crippen LogP contribution in [0.25, 0.3) is 0 Å². The molecule has 2 heterocycles. The summed E-state index contributed by atoms with van der Waals surface area (Å²) >= 11 is 0. The summed E-state index contributed by atoms with van der Waals surface area (Å²) in [7, 11) is 1.58. The second-order valence-electron chi connectivity index (χ2n) is 5.25. The van der Waals surface area contributed by atoms with E-state index in [1.807, 2.05) is 4.90 Å². The Morgan fingerprint density at radius 1 is 1.20 bits per heavy atom. The second kappa shape index (κ2) is 5.15. The maximum atomic E-state index is 12.4. The molecule has 3 rings (SSSR count). The largest absolute Gasteiger partial charge is 0.497 e. The number of rotatable bonds is 2. The van der Waals surface area contributed by atoms with Crippen molar-refractivity contribution in [3.63, 3.8) is 0 Å². The topological polar surface area (TPSA) is 49.9 Å². The van der Waals surface area contributed by atoms with E-state index in [0.717, 1.165) is 25.8 Å². The normalized spacial score (nSPS) is 21.9. The van der Waals surface area contributed by atoms with E-state index in [4.69, 9.17) is 4.74 Å². The standard InChI is InChI=1S/C15H18N2O3/c1-20-13-6-4-11(5-7-13)14(18)17-10-8-12-3-2-9-16(12)15(17)19/h4-7,12H,2-3,8-10H2,1H3. The molecule has 5 nitrogen and oxygen atoms in total. The van der Waals surface area contributed by atoms with Gasteiger partial charge in [-0.3, -0.25) is 9.69 Å². The highest BCUT2D eigenvalue weighted by molar-refractivity contribution is 6.04. The predicted octanol–water partition coefficient (Wildman–Crippen LogP) is 2.13. The fourth-order valence-electron chi connectivity index (χ4n) is 2.99. The van der Waals surface area contributed by atoms with Gasteiger partial charge in [0.1, 0.15) is 5.75 Å². The van der Waals surface area contributed by atoms with E-state index in [1.165, 1.54) is 4.90 Å². The van der Waals surface area contributed by atoms with Gasteiger partial charge in [0.2, 0.25) is 0 Å². The lowest BCUT2D eigenvalue weighted by Crippen LogP contribution is -2.53. The van der Waals surface area contributed by atoms with Crippen LogP contribution in [0.2, 0.25) is 0 Å². The smallest absolute Gasteiger partial charge is 0.327 e. The molecule has 1 aromatic rings. The molecular weight excluding hydrogens is 256 g/mol. The molecule has 3 amide bonds. The van der Waals surface area contributed by atoms with Crippen LogP contribution in [0.3, 0.4) is 0 Å². The molecule has 2 aliphatic rings. The lowest BCUT2D eigenvalue weighted by molar-refractivity contribution is 0.0677. The summed E-state index contributed by atoms with van der Waals surface area (Å²) in [5.74, 6) is 0.481. The third kappa shape index (κ3) is 2.13. The van der Waals surface area contributed by atoms with Gasteiger partial charge in [-0.1, -0.05) is 0 Å². The number of hydrogen-bond acceptors (Lipinski definition) is 3. The van der Waals surface area contributed by atoms with Crippen molar-refractivity contribution < 1.29 is 14.3 Å². The van der Waals surface area contributed by atoms with Crippen molar-refractivity contribution in [2.75, 3.05) is 20.2 Å². The highest BCUT2D eigenvalue weighted by Gasteiger charge is 2.38. The maximum Gasteiger partial charge on any atom is 0.327 e. The Morgan fingerprint density at radius 2 is 1.95 bits per heavy atom. The lowest BCUT2D eigenvalue weighted by atomic mass is 10.1. The van der Waals surface area contributed by atoms with E-state index < -0.39 is 0 Å². The number of amides is 3. The van der Waals surface area contributed by atoms with Gasteiger partial charge in [0.25, 0.3) is 5.91 Å². The molecule has 20 heavy (non-hydrogen) atoms. The number of methoxy groups -OCH3 is 1. The summed E-state index contributed by atoms with van der Waals surface area (Å²) in [6, 6.07) is 7.07. The summed E-state index contributed by atoms with van der Waals surface area (Å²) < 4.78 is 5.07. The van der Waals surface area contributed by atoms with Gasteiger partial charge >= 0.3 is 6.03 Å². The number of nitrogens with zero attached hydrogens (tertiary/aromatic N) is 2. The number of carbonyl (C=O) groups excluding carboxylic acids is 2. The zero-order chi connectivity index (χ0) is 14.1. The number of benzene rings is 1. The molecule has 2 saturated heterocycles. The number of imide groups is 1. The van der Waals surface area contributed by atoms with Gasteiger partial charge in [-0.25, -0.2) is 4.79 Å². The molecular formula is C15H18N2O3. The minimum absolute atomic E-state index is 0.139. The van der Waals surface area contributed by atoms with E-state index in [2.05, 4.69) is 0 Å². The zero-order valence-electron chi connectivity index (χ0n) is 11.5. The first-order chi connectivity index (χ1) is 9.70. The molecule has 2 fully saturated rings. The van der Waals surface area contributed by atoms with Crippen LogP contribution in [0.15, 0.2) is 24.3 Å². The average Bonchev–Trinajstić information content (AvgIpc) is 2.96. The summed E-state index contributed by atoms with van der Waals surface area (Å²) in [6.45, 7) is 1.29. The average molecular weight is 274 g/mol. The third-order valence-corrected chi connectivity index (χ3v) is 4.12. The Balaban J connectivity index is 1.77. The van der Waals surface area contributed by atoms with E-state index in [9.17, 15) is 9.59 Å². The Morgan fingerprint density at radius 3 is 2.65 bits per heavy atom. The first kappa shape index (κ1) is 13.0. The van der Waals surface area contributed by atoms with Crippen molar-refractivity contribution in [2.24, 2.45) is 0 Å². The molecule has 1 aromatic carbocycles. The zero-order valence-corrected chi connectivity index (χ0v) is 11.5. The molecule has 0 N–H and O–H groups in total. The van der Waals surface area contributed by atoms with E-state index in [1.54, 1.807) is 31.4 Å². The molecule has 2 aliphatic heterocycles. The van der Waals surface area contributed by atoms with E-state index >= 15 is 0 Å². The van der Waals surface area contributed by atoms with Crippen LogP contribution in [-0.4, -0.2) is 48.0 Å². The summed E-state index contributed by atoms with van der Waals surface area (Å²) in [5, 5.41) is 0. The number of ether oxygens (including phenoxy) is 1. The summed E-state index contributed by atoms with van der Waals surface area (Å²) in [5.41, 5.74) is 0.525. The molecule has 0 aromatic heterocycles. The summed E-state index contributed by atoms with van der Waals surface area (Å²) in [4.78, 5) is 28.0. The SMILES string of the molecule is COc1ccc(C(=O)N2CCC3CCCN3C2=O)cc1. The third-order valence-electron chi connectivity index (χ3n) is 4.12. The van der Waals surface area contributed by atoms with Gasteiger partial charge in [0, 0.05) is 24.7 Å². The number of carbonyl (C=O) groups is 2. The molecule has 0 aliphatic carbocycles. The molecule has 106 valence electrons. The maximum absolute atomic E-state index is 12.4. The van der Waals surface area contributed by atoms with Gasteiger partial charge in [-0.15, -0.1) is 0 Å². The molecule has 0 bridgehead atoms. The van der Waals surface area contributed by atoms with E-state index in [0.29, 0.717) is 23.9 Å². The van der Waals surface area contributed by atoms with Gasteiger partial charge < -0.3 is 9.64 Å². The van der Waals surface area contributed by atoms with Crippen LogP contribution >= 0.6 is 0 Å². The van der Waals surface area contributed by atoms with Gasteiger partial charge in [-0.05, 0) is 43.5 Å². The fraction of sp³-hybridized carbons (Fsp3) is 0.467. The Hall–Kier alpha value is -2.04. The van der Waals surface area contributed by atoms with Crippen LogP contribution in [0.5, 0.6) is 5.75 Å². The van der Waals surface area contributed by atoms with Crippen molar-refractivity contribution in [1.29, 1.82) is 0 Å². The fourth-order valence-corrected chi connectivity index (χ4v) is 2.99. The molecule has 1 atom stereocenters. The second-order valence-corrected chi connectivity index (χ2v) is 5.25. The van der Waals surface area contributed by atoms with E-state index in [-0.39, 0.29) is 11.9 Å². The van der Waals surface area contributed by atoms with Gasteiger partial charge in [-0.2, -0.15) is 0 Å². The van der Waals surface area contributed by atoms with Crippen molar-refractivity contribution in [1.82, 2.24) is 9.80 Å². The number of urea groups is 1. The minimum atomic E-state index is -0.219. The monoisotopic (exact) mass is 274 g/mol. The van der Waals surface area contributed by atoms with Gasteiger partial charge in [0.15, 0.2) is 0 Å². The highest BCUT2D eigenvalue weighted by Crippen LogP contribution is 2.27. The number of hydrogen-bond donors (Lipinski definition) is 0. The van der Waals surface area contributed by atoms with Crippen molar-refractivity contribution in [2.45, 2.75) is 25.3 Å². The van der Waals surface area contributed by atoms with Crippen molar-refractivity contribution >= 4 is 11.9 Å². The van der Waals surface area contributed by atoms with Crippen molar-refractivity contribution in [3.05, 3.63) is 29.8 Å². The molecule has 5 heteroatoms. The summed E-state index contributed by atoms with van der Waals surface area (Å²) in [6.07, 6.45) is 2.99. The van der Waals surface area contributed by atoms with Crippen molar-refractivity contribution in [3.8, 4) is 5.75 Å². The Bertz CT molecular complexity index is 526. The minimum Gasteiger partial charge on any atom is -0.497 e.